The number of aliphatic hydroxyl groups excluding tert-OH is 2. The highest BCUT2D eigenvalue weighted by molar-refractivity contribution is 5.91. The molecule has 4 aliphatic rings. The molecule has 30 heavy (non-hydrogen) atoms. The summed E-state index contributed by atoms with van der Waals surface area (Å²) in [4.78, 5) is 12.1. The van der Waals surface area contributed by atoms with Crippen molar-refractivity contribution in [1.82, 2.24) is 0 Å². The topological polar surface area (TPSA) is 57.5 Å². The molecule has 0 aromatic rings. The molecule has 4 rings (SSSR count). The Morgan fingerprint density at radius 2 is 1.87 bits per heavy atom. The highest BCUT2D eigenvalue weighted by atomic mass is 16.3. The van der Waals surface area contributed by atoms with E-state index >= 15 is 0 Å². The first-order valence-corrected chi connectivity index (χ1v) is 12.7. The Hall–Kier alpha value is -0.670. The van der Waals surface area contributed by atoms with Crippen LogP contribution in [0, 0.1) is 46.3 Å². The fraction of sp³-hybridized carbons (Fsp3) is 0.889. The highest BCUT2D eigenvalue weighted by Gasteiger charge is 2.61. The highest BCUT2D eigenvalue weighted by Crippen LogP contribution is 2.67. The molecule has 4 aliphatic carbocycles. The maximum atomic E-state index is 12.1. The number of fused-ring (bicyclic) bond motifs is 5. The van der Waals surface area contributed by atoms with Crippen LogP contribution in [0.5, 0.6) is 0 Å². The summed E-state index contributed by atoms with van der Waals surface area (Å²) < 4.78 is 0. The largest absolute Gasteiger partial charge is 0.396 e. The number of ketones is 1. The van der Waals surface area contributed by atoms with Crippen LogP contribution in [0.4, 0.5) is 0 Å². The van der Waals surface area contributed by atoms with Crippen LogP contribution in [0.15, 0.2) is 11.6 Å². The fourth-order valence-corrected chi connectivity index (χ4v) is 8.58. The van der Waals surface area contributed by atoms with Gasteiger partial charge in [-0.1, -0.05) is 46.1 Å². The summed E-state index contributed by atoms with van der Waals surface area (Å²) in [6.45, 7) is 9.85. The van der Waals surface area contributed by atoms with Gasteiger partial charge in [0.25, 0.3) is 0 Å². The van der Waals surface area contributed by atoms with Crippen molar-refractivity contribution in [3.63, 3.8) is 0 Å². The molecule has 3 saturated carbocycles. The first-order valence-electron chi connectivity index (χ1n) is 12.7. The molecule has 0 amide bonds. The normalized spacial score (nSPS) is 45.2. The zero-order valence-corrected chi connectivity index (χ0v) is 19.7. The van der Waals surface area contributed by atoms with Gasteiger partial charge in [-0.25, -0.2) is 0 Å². The van der Waals surface area contributed by atoms with Gasteiger partial charge in [-0.3, -0.25) is 4.79 Å². The monoisotopic (exact) mass is 416 g/mol. The van der Waals surface area contributed by atoms with Gasteiger partial charge in [0, 0.05) is 13.0 Å². The number of aliphatic hydroxyl groups is 2. The number of rotatable bonds is 6. The predicted molar refractivity (Wildman–Crippen MR) is 121 cm³/mol. The third-order valence-corrected chi connectivity index (χ3v) is 10.4. The molecular weight excluding hydrogens is 372 g/mol. The molecule has 9 atom stereocenters. The Balaban J connectivity index is 1.50. The van der Waals surface area contributed by atoms with Gasteiger partial charge in [0.1, 0.15) is 0 Å². The summed E-state index contributed by atoms with van der Waals surface area (Å²) in [7, 11) is 0. The van der Waals surface area contributed by atoms with Gasteiger partial charge in [-0.05, 0) is 97.4 Å². The van der Waals surface area contributed by atoms with E-state index in [2.05, 4.69) is 27.7 Å². The zero-order chi connectivity index (χ0) is 21.7. The molecule has 0 unspecified atom stereocenters. The fourth-order valence-electron chi connectivity index (χ4n) is 8.58. The van der Waals surface area contributed by atoms with E-state index in [0.717, 1.165) is 31.1 Å². The summed E-state index contributed by atoms with van der Waals surface area (Å²) >= 11 is 0. The van der Waals surface area contributed by atoms with E-state index in [-0.39, 0.29) is 17.3 Å². The van der Waals surface area contributed by atoms with Crippen molar-refractivity contribution in [2.75, 3.05) is 6.61 Å². The maximum absolute atomic E-state index is 12.1. The maximum Gasteiger partial charge on any atom is 0.155 e. The number of hydrogen-bond acceptors (Lipinski definition) is 3. The Bertz CT molecular complexity index is 684. The van der Waals surface area contributed by atoms with Gasteiger partial charge in [0.2, 0.25) is 0 Å². The lowest BCUT2D eigenvalue weighted by molar-refractivity contribution is -0.124. The van der Waals surface area contributed by atoms with Crippen molar-refractivity contribution in [2.45, 2.75) is 98.0 Å². The van der Waals surface area contributed by atoms with E-state index in [1.54, 1.807) is 0 Å². The summed E-state index contributed by atoms with van der Waals surface area (Å²) in [5, 5.41) is 20.6. The van der Waals surface area contributed by atoms with Crippen LogP contribution in [0.3, 0.4) is 0 Å². The van der Waals surface area contributed by atoms with E-state index < -0.39 is 0 Å². The van der Waals surface area contributed by atoms with Crippen LogP contribution in [-0.2, 0) is 4.79 Å². The van der Waals surface area contributed by atoms with Crippen LogP contribution in [0.1, 0.15) is 91.9 Å². The molecule has 0 aromatic heterocycles. The molecule has 3 nitrogen and oxygen atoms in total. The Morgan fingerprint density at radius 1 is 1.10 bits per heavy atom. The second-order valence-electron chi connectivity index (χ2n) is 12.0. The van der Waals surface area contributed by atoms with Crippen molar-refractivity contribution >= 4 is 5.78 Å². The van der Waals surface area contributed by atoms with Crippen molar-refractivity contribution < 1.29 is 15.0 Å². The van der Waals surface area contributed by atoms with E-state index in [4.69, 9.17) is 0 Å². The lowest BCUT2D eigenvalue weighted by atomic mass is 9.45. The van der Waals surface area contributed by atoms with Crippen molar-refractivity contribution in [1.29, 1.82) is 0 Å². The minimum Gasteiger partial charge on any atom is -0.396 e. The SMILES string of the molecule is C[C@@H](CO)CCC[C@@H](C)[C@H]1CC[C@H]2[C@@H]3[C@@H](O)CC4=CC(=O)CC[C@]4(C)[C@H]3CC[C@]12C. The van der Waals surface area contributed by atoms with Crippen molar-refractivity contribution in [3.8, 4) is 0 Å². The minimum atomic E-state index is -0.274. The molecule has 3 fully saturated rings. The quantitative estimate of drug-likeness (QED) is 0.598. The predicted octanol–water partition coefficient (Wildman–Crippen LogP) is 5.54. The second kappa shape index (κ2) is 8.35. The van der Waals surface area contributed by atoms with Crippen LogP contribution in [0.2, 0.25) is 0 Å². The molecule has 0 heterocycles. The molecule has 0 aromatic carbocycles. The molecule has 0 saturated heterocycles. The van der Waals surface area contributed by atoms with E-state index in [0.29, 0.717) is 42.1 Å². The standard InChI is InChI=1S/C27H44O3/c1-17(16-28)6-5-7-18(2)21-8-9-22-25-23(11-13-27(21,22)4)26(3)12-10-20(29)14-19(26)15-24(25)30/h14,17-18,21-25,28,30H,5-13,15-16H2,1-4H3/t17-,18-,21-,22+,23+,24+,25+,26+,27-/m1/s1. The third kappa shape index (κ3) is 3.62. The first-order chi connectivity index (χ1) is 14.2. The van der Waals surface area contributed by atoms with Crippen LogP contribution in [-0.4, -0.2) is 28.7 Å². The molecule has 170 valence electrons. The van der Waals surface area contributed by atoms with E-state index in [1.807, 2.05) is 6.08 Å². The molecular formula is C27H44O3. The third-order valence-electron chi connectivity index (χ3n) is 10.4. The Labute approximate surface area is 183 Å². The minimum absolute atomic E-state index is 0.128. The molecule has 0 bridgehead atoms. The van der Waals surface area contributed by atoms with Crippen LogP contribution in [0.25, 0.3) is 0 Å². The molecule has 0 radical (unpaired) electrons. The van der Waals surface area contributed by atoms with Gasteiger partial charge in [-0.15, -0.1) is 0 Å². The van der Waals surface area contributed by atoms with Gasteiger partial charge < -0.3 is 10.2 Å². The van der Waals surface area contributed by atoms with E-state index in [1.165, 1.54) is 44.1 Å². The average molecular weight is 417 g/mol. The zero-order valence-electron chi connectivity index (χ0n) is 19.7. The van der Waals surface area contributed by atoms with E-state index in [9.17, 15) is 15.0 Å². The molecule has 2 N–H and O–H groups in total. The smallest absolute Gasteiger partial charge is 0.155 e. The number of hydrogen-bond donors (Lipinski definition) is 2. The van der Waals surface area contributed by atoms with Crippen LogP contribution >= 0.6 is 0 Å². The Kier molecular flexibility index (Phi) is 6.27. The summed E-state index contributed by atoms with van der Waals surface area (Å²) in [5.74, 6) is 3.75. The Morgan fingerprint density at radius 3 is 2.60 bits per heavy atom. The summed E-state index contributed by atoms with van der Waals surface area (Å²) in [5.41, 5.74) is 1.73. The van der Waals surface area contributed by atoms with Gasteiger partial charge >= 0.3 is 0 Å². The van der Waals surface area contributed by atoms with Crippen molar-refractivity contribution in [2.24, 2.45) is 46.3 Å². The molecule has 0 aliphatic heterocycles. The lowest BCUT2D eigenvalue weighted by Crippen LogP contribution is -2.55. The summed E-state index contributed by atoms with van der Waals surface area (Å²) in [6, 6.07) is 0. The molecule has 3 heteroatoms. The van der Waals surface area contributed by atoms with Crippen molar-refractivity contribution in [3.05, 3.63) is 11.6 Å². The second-order valence-corrected chi connectivity index (χ2v) is 12.0. The molecule has 0 spiro atoms. The average Bonchev–Trinajstić information content (AvgIpc) is 3.06. The first kappa shape index (κ1) is 22.5. The lowest BCUT2D eigenvalue weighted by Gasteiger charge is -2.60. The van der Waals surface area contributed by atoms with Gasteiger partial charge in [-0.2, -0.15) is 0 Å². The van der Waals surface area contributed by atoms with Crippen LogP contribution < -0.4 is 0 Å². The summed E-state index contributed by atoms with van der Waals surface area (Å²) in [6.07, 6.45) is 12.7. The van der Waals surface area contributed by atoms with Gasteiger partial charge in [0.15, 0.2) is 5.78 Å². The number of carbonyl (C=O) groups is 1. The number of carbonyl (C=O) groups excluding carboxylic acids is 1. The van der Waals surface area contributed by atoms with Gasteiger partial charge in [0.05, 0.1) is 6.10 Å².